The molecule has 1 fully saturated rings. The van der Waals surface area contributed by atoms with Gasteiger partial charge >= 0.3 is 0 Å². The van der Waals surface area contributed by atoms with Crippen LogP contribution in [0.1, 0.15) is 44.4 Å². The standard InChI is InChI=1S/C18H30N2/c1-5-10-19-18(17-9-7-6-8-14(17)2)13-20-11-15(3)16(4)12-20/h6-9,15-16,18-19H,5,10-13H2,1-4H3. The van der Waals surface area contributed by atoms with Gasteiger partial charge in [-0.25, -0.2) is 0 Å². The lowest BCUT2D eigenvalue weighted by atomic mass is 10.0. The first-order valence-corrected chi connectivity index (χ1v) is 8.13. The fourth-order valence-corrected chi connectivity index (χ4v) is 3.23. The number of rotatable bonds is 6. The minimum Gasteiger partial charge on any atom is -0.309 e. The van der Waals surface area contributed by atoms with E-state index < -0.39 is 0 Å². The molecule has 112 valence electrons. The summed E-state index contributed by atoms with van der Waals surface area (Å²) in [4.78, 5) is 2.63. The van der Waals surface area contributed by atoms with Crippen molar-refractivity contribution < 1.29 is 0 Å². The van der Waals surface area contributed by atoms with Crippen molar-refractivity contribution in [3.8, 4) is 0 Å². The van der Waals surface area contributed by atoms with Crippen LogP contribution in [0.4, 0.5) is 0 Å². The largest absolute Gasteiger partial charge is 0.309 e. The van der Waals surface area contributed by atoms with Crippen LogP contribution in [0.5, 0.6) is 0 Å². The van der Waals surface area contributed by atoms with E-state index in [2.05, 4.69) is 62.2 Å². The van der Waals surface area contributed by atoms with E-state index in [1.165, 1.54) is 30.6 Å². The highest BCUT2D eigenvalue weighted by Gasteiger charge is 2.28. The maximum atomic E-state index is 3.74. The van der Waals surface area contributed by atoms with Crippen LogP contribution in [0.2, 0.25) is 0 Å². The molecule has 3 atom stereocenters. The van der Waals surface area contributed by atoms with Crippen molar-refractivity contribution in [3.05, 3.63) is 35.4 Å². The fourth-order valence-electron chi connectivity index (χ4n) is 3.23. The van der Waals surface area contributed by atoms with Gasteiger partial charge in [-0.3, -0.25) is 0 Å². The second-order valence-electron chi connectivity index (χ2n) is 6.54. The molecule has 1 heterocycles. The summed E-state index contributed by atoms with van der Waals surface area (Å²) in [6, 6.07) is 9.28. The number of nitrogens with zero attached hydrogens (tertiary/aromatic N) is 1. The number of nitrogens with one attached hydrogen (secondary N) is 1. The molecule has 1 N–H and O–H groups in total. The molecule has 3 unspecified atom stereocenters. The molecular formula is C18H30N2. The van der Waals surface area contributed by atoms with Gasteiger partial charge in [-0.15, -0.1) is 0 Å². The average Bonchev–Trinajstić information content (AvgIpc) is 2.74. The third-order valence-electron chi connectivity index (χ3n) is 4.71. The number of hydrogen-bond donors (Lipinski definition) is 1. The van der Waals surface area contributed by atoms with Crippen molar-refractivity contribution in [2.75, 3.05) is 26.2 Å². The number of likely N-dealkylation sites (tertiary alicyclic amines) is 1. The molecule has 0 radical (unpaired) electrons. The molecule has 1 saturated heterocycles. The van der Waals surface area contributed by atoms with Crippen LogP contribution in [-0.2, 0) is 0 Å². The zero-order valence-corrected chi connectivity index (χ0v) is 13.5. The predicted molar refractivity (Wildman–Crippen MR) is 87.0 cm³/mol. The summed E-state index contributed by atoms with van der Waals surface area (Å²) < 4.78 is 0. The third kappa shape index (κ3) is 3.83. The third-order valence-corrected chi connectivity index (χ3v) is 4.71. The van der Waals surface area contributed by atoms with Gasteiger partial charge in [0.2, 0.25) is 0 Å². The Morgan fingerprint density at radius 1 is 1.20 bits per heavy atom. The Morgan fingerprint density at radius 3 is 2.45 bits per heavy atom. The summed E-state index contributed by atoms with van der Waals surface area (Å²) in [6.07, 6.45) is 1.19. The highest BCUT2D eigenvalue weighted by Crippen LogP contribution is 2.25. The molecule has 1 aromatic carbocycles. The van der Waals surface area contributed by atoms with E-state index in [1.54, 1.807) is 0 Å². The lowest BCUT2D eigenvalue weighted by molar-refractivity contribution is 0.281. The van der Waals surface area contributed by atoms with E-state index in [4.69, 9.17) is 0 Å². The van der Waals surface area contributed by atoms with Crippen molar-refractivity contribution in [2.24, 2.45) is 11.8 Å². The van der Waals surface area contributed by atoms with Gasteiger partial charge in [0.05, 0.1) is 0 Å². The van der Waals surface area contributed by atoms with Crippen LogP contribution in [0.3, 0.4) is 0 Å². The van der Waals surface area contributed by atoms with Crippen LogP contribution in [-0.4, -0.2) is 31.1 Å². The van der Waals surface area contributed by atoms with Crippen LogP contribution in [0, 0.1) is 18.8 Å². The van der Waals surface area contributed by atoms with Gasteiger partial charge in [0.15, 0.2) is 0 Å². The van der Waals surface area contributed by atoms with Crippen LogP contribution < -0.4 is 5.32 Å². The Hall–Kier alpha value is -0.860. The van der Waals surface area contributed by atoms with E-state index in [1.807, 2.05) is 0 Å². The molecule has 0 spiro atoms. The van der Waals surface area contributed by atoms with Crippen molar-refractivity contribution >= 4 is 0 Å². The second-order valence-corrected chi connectivity index (χ2v) is 6.54. The minimum atomic E-state index is 0.466. The maximum Gasteiger partial charge on any atom is 0.0451 e. The van der Waals surface area contributed by atoms with E-state index in [9.17, 15) is 0 Å². The lowest BCUT2D eigenvalue weighted by Crippen LogP contribution is -2.35. The molecule has 0 saturated carbocycles. The molecule has 2 rings (SSSR count). The van der Waals surface area contributed by atoms with Gasteiger partial charge in [0.25, 0.3) is 0 Å². The molecule has 1 aliphatic heterocycles. The van der Waals surface area contributed by atoms with Crippen molar-refractivity contribution in [1.29, 1.82) is 0 Å². The quantitative estimate of drug-likeness (QED) is 0.852. The second kappa shape index (κ2) is 7.24. The van der Waals surface area contributed by atoms with E-state index in [-0.39, 0.29) is 0 Å². The summed E-state index contributed by atoms with van der Waals surface area (Å²) in [5.74, 6) is 1.66. The molecule has 0 aromatic heterocycles. The Bertz CT molecular complexity index is 406. The summed E-state index contributed by atoms with van der Waals surface area (Å²) >= 11 is 0. The SMILES string of the molecule is CCCNC(CN1CC(C)C(C)C1)c1ccccc1C. The minimum absolute atomic E-state index is 0.466. The Morgan fingerprint density at radius 2 is 1.85 bits per heavy atom. The van der Waals surface area contributed by atoms with Crippen molar-refractivity contribution in [2.45, 2.75) is 40.2 Å². The lowest BCUT2D eigenvalue weighted by Gasteiger charge is -2.26. The number of aryl methyl sites for hydroxylation is 1. The van der Waals surface area contributed by atoms with Crippen molar-refractivity contribution in [1.82, 2.24) is 10.2 Å². The predicted octanol–water partition coefficient (Wildman–Crippen LogP) is 3.62. The first-order valence-electron chi connectivity index (χ1n) is 8.13. The monoisotopic (exact) mass is 274 g/mol. The molecule has 2 heteroatoms. The molecule has 1 aromatic rings. The van der Waals surface area contributed by atoms with E-state index in [0.717, 1.165) is 24.9 Å². The molecule has 20 heavy (non-hydrogen) atoms. The molecule has 0 amide bonds. The Balaban J connectivity index is 2.06. The van der Waals surface area contributed by atoms with Gasteiger partial charge in [-0.05, 0) is 42.9 Å². The normalized spacial score (nSPS) is 25.0. The molecule has 1 aliphatic rings. The van der Waals surface area contributed by atoms with Crippen LogP contribution in [0.25, 0.3) is 0 Å². The summed E-state index contributed by atoms with van der Waals surface area (Å²) in [5.41, 5.74) is 2.87. The number of benzene rings is 1. The molecule has 2 nitrogen and oxygen atoms in total. The first-order chi connectivity index (χ1) is 9.61. The van der Waals surface area contributed by atoms with E-state index in [0.29, 0.717) is 6.04 Å². The first kappa shape index (κ1) is 15.5. The van der Waals surface area contributed by atoms with Gasteiger partial charge in [0, 0.05) is 25.7 Å². The van der Waals surface area contributed by atoms with Crippen LogP contribution >= 0.6 is 0 Å². The average molecular weight is 274 g/mol. The maximum absolute atomic E-state index is 3.74. The summed E-state index contributed by atoms with van der Waals surface area (Å²) in [6.45, 7) is 14.0. The van der Waals surface area contributed by atoms with Gasteiger partial charge in [0.1, 0.15) is 0 Å². The van der Waals surface area contributed by atoms with Gasteiger partial charge in [-0.1, -0.05) is 45.0 Å². The van der Waals surface area contributed by atoms with Gasteiger partial charge in [-0.2, -0.15) is 0 Å². The Labute approximate surface area is 124 Å². The van der Waals surface area contributed by atoms with Gasteiger partial charge < -0.3 is 10.2 Å². The molecule has 0 bridgehead atoms. The smallest absolute Gasteiger partial charge is 0.0451 e. The molecule has 0 aliphatic carbocycles. The summed E-state index contributed by atoms with van der Waals surface area (Å²) in [5, 5.41) is 3.74. The highest BCUT2D eigenvalue weighted by molar-refractivity contribution is 5.29. The summed E-state index contributed by atoms with van der Waals surface area (Å²) in [7, 11) is 0. The highest BCUT2D eigenvalue weighted by atomic mass is 15.2. The Kier molecular flexibility index (Phi) is 5.62. The molecular weight excluding hydrogens is 244 g/mol. The fraction of sp³-hybridized carbons (Fsp3) is 0.667. The number of hydrogen-bond acceptors (Lipinski definition) is 2. The van der Waals surface area contributed by atoms with Crippen LogP contribution in [0.15, 0.2) is 24.3 Å². The van der Waals surface area contributed by atoms with E-state index >= 15 is 0 Å². The van der Waals surface area contributed by atoms with Crippen molar-refractivity contribution in [3.63, 3.8) is 0 Å². The zero-order valence-electron chi connectivity index (χ0n) is 13.5. The topological polar surface area (TPSA) is 15.3 Å². The zero-order chi connectivity index (χ0) is 14.5.